The Balaban J connectivity index is 1.54. The van der Waals surface area contributed by atoms with E-state index in [0.29, 0.717) is 97.4 Å². The van der Waals surface area contributed by atoms with E-state index in [1.807, 2.05) is 27.7 Å². The minimum Gasteiger partial charge on any atom is -0.457 e. The quantitative estimate of drug-likeness (QED) is 0.110. The Morgan fingerprint density at radius 3 is 0.650 bits per heavy atom. The molecule has 16 aliphatic heterocycles. The predicted molar refractivity (Wildman–Crippen MR) is 222 cm³/mol. The van der Waals surface area contributed by atoms with Crippen molar-refractivity contribution in [2.24, 2.45) is 0 Å². The lowest BCUT2D eigenvalue weighted by Crippen LogP contribution is -2.24. The second-order valence-electron chi connectivity index (χ2n) is 16.7. The van der Waals surface area contributed by atoms with Crippen LogP contribution in [0.25, 0.3) is 0 Å². The predicted octanol–water partition coefficient (Wildman–Crippen LogP) is 7.77. The van der Waals surface area contributed by atoms with Gasteiger partial charge >= 0.3 is 0 Å². The molecular weight excluding hydrogens is 769 g/mol. The zero-order valence-electron chi connectivity index (χ0n) is 35.0. The van der Waals surface area contributed by atoms with Crippen molar-refractivity contribution in [1.29, 1.82) is 0 Å². The smallest absolute Gasteiger partial charge is 0.230 e. The number of aliphatic hydroxyl groups is 4. The Hall–Kier alpha value is -4.88. The van der Waals surface area contributed by atoms with Crippen LogP contribution in [-0.2, 0) is 0 Å². The average Bonchev–Trinajstić information content (AvgIpc) is 3.22. The topological polar surface area (TPSA) is 155 Å². The molecule has 60 heavy (non-hydrogen) atoms. The molecule has 0 spiro atoms. The molecule has 4 aromatic rings. The molecule has 0 atom stereocenters. The molecule has 16 aliphatic rings. The number of benzene rings is 4. The van der Waals surface area contributed by atoms with Gasteiger partial charge in [0.05, 0.1) is 0 Å². The molecule has 12 nitrogen and oxygen atoms in total. The van der Waals surface area contributed by atoms with Gasteiger partial charge in [0.15, 0.2) is 0 Å². The van der Waals surface area contributed by atoms with Gasteiger partial charge < -0.3 is 58.3 Å². The lowest BCUT2D eigenvalue weighted by atomic mass is 9.74. The highest BCUT2D eigenvalue weighted by atomic mass is 16.7. The summed E-state index contributed by atoms with van der Waals surface area (Å²) in [4.78, 5) is 0. The van der Waals surface area contributed by atoms with Crippen LogP contribution in [0.4, 0.5) is 0 Å². The number of aliphatic hydroxyl groups excluding tert-OH is 4. The molecular formula is C48H56O12. The summed E-state index contributed by atoms with van der Waals surface area (Å²) in [7, 11) is 0. The Bertz CT molecular complexity index is 1840. The summed E-state index contributed by atoms with van der Waals surface area (Å²) in [5.74, 6) is 3.49. The van der Waals surface area contributed by atoms with Crippen molar-refractivity contribution >= 4 is 0 Å². The number of ether oxygens (including phenoxy) is 8. The molecule has 16 heterocycles. The summed E-state index contributed by atoms with van der Waals surface area (Å²) < 4.78 is 54.9. The van der Waals surface area contributed by atoms with Crippen LogP contribution in [-0.4, -0.2) is 74.0 Å². The summed E-state index contributed by atoms with van der Waals surface area (Å²) in [6, 6.07) is 8.70. The van der Waals surface area contributed by atoms with Crippen molar-refractivity contribution in [2.45, 2.75) is 103 Å². The first kappa shape index (κ1) is 40.5. The first-order valence-corrected chi connectivity index (χ1v) is 21.5. The molecule has 0 radical (unpaired) electrons. The highest BCUT2D eigenvalue weighted by Gasteiger charge is 2.40. The lowest BCUT2D eigenvalue weighted by molar-refractivity contribution is 0.0953. The Morgan fingerprint density at radius 1 is 0.333 bits per heavy atom. The fraction of sp³-hybridized carbons (Fsp3) is 0.500. The standard InChI is InChI=1S/C48H56O12/c1-25-41-33-17-34-30(10-6-14-50)36-19-38-32(12-8-16-52)40-20-39-31(11-7-15-51)37-18-35(29(33)9-5-13-49)43(26(2)45(37)55-21-53-42(25)34)57-23-59-48(40)28(4)47(39)60-24-58-44(36)27(3)46(38)56-22-54-41/h17-20,29-32,49-52H,5-16,21-24H2,1-4H3. The SMILES string of the molecule is Cc1c2c3cc4c1OCOc1c5cc(c(c1C)OCOc1c6cc(c(c1C)OCOc1c(cc(c(c1C)OCO2)C6CCCO)C4CCCO)C5CCCO)C3CCCO. The highest BCUT2D eigenvalue weighted by molar-refractivity contribution is 5.69. The van der Waals surface area contributed by atoms with E-state index in [1.54, 1.807) is 0 Å². The molecule has 0 aromatic heterocycles. The first-order valence-electron chi connectivity index (χ1n) is 21.5. The maximum absolute atomic E-state index is 10.4. The number of hydrogen-bond donors (Lipinski definition) is 4. The number of hydrogen-bond acceptors (Lipinski definition) is 12. The monoisotopic (exact) mass is 824 g/mol. The molecule has 0 fully saturated rings. The molecule has 0 saturated carbocycles. The first-order chi connectivity index (χ1) is 29.3. The van der Waals surface area contributed by atoms with Gasteiger partial charge in [0.2, 0.25) is 27.2 Å². The Labute approximate surface area is 350 Å². The largest absolute Gasteiger partial charge is 0.457 e. The molecule has 16 bridgehead atoms. The van der Waals surface area contributed by atoms with Gasteiger partial charge in [-0.1, -0.05) is 0 Å². The van der Waals surface area contributed by atoms with Crippen molar-refractivity contribution in [3.8, 4) is 46.0 Å². The van der Waals surface area contributed by atoms with Gasteiger partial charge in [-0.3, -0.25) is 0 Å². The van der Waals surface area contributed by atoms with Gasteiger partial charge in [0, 0.05) is 117 Å². The Morgan fingerprint density at radius 2 is 0.500 bits per heavy atom. The van der Waals surface area contributed by atoms with E-state index in [0.717, 1.165) is 66.8 Å². The molecule has 4 aromatic carbocycles. The zero-order valence-corrected chi connectivity index (χ0v) is 35.0. The molecule has 0 aliphatic carbocycles. The van der Waals surface area contributed by atoms with Crippen LogP contribution in [0.5, 0.6) is 46.0 Å². The molecule has 20 rings (SSSR count). The van der Waals surface area contributed by atoms with Gasteiger partial charge in [0.25, 0.3) is 0 Å². The zero-order chi connectivity index (χ0) is 41.7. The van der Waals surface area contributed by atoms with Crippen LogP contribution in [0.2, 0.25) is 0 Å². The third-order valence-electron chi connectivity index (χ3n) is 13.3. The maximum atomic E-state index is 10.4. The average molecular weight is 825 g/mol. The van der Waals surface area contributed by atoms with E-state index in [9.17, 15) is 20.4 Å². The van der Waals surface area contributed by atoms with Crippen molar-refractivity contribution in [2.75, 3.05) is 53.6 Å². The van der Waals surface area contributed by atoms with Crippen LogP contribution >= 0.6 is 0 Å². The minimum atomic E-state index is -0.353. The molecule has 12 heteroatoms. The van der Waals surface area contributed by atoms with E-state index in [1.165, 1.54) is 0 Å². The van der Waals surface area contributed by atoms with Gasteiger partial charge in [-0.05, 0) is 103 Å². The van der Waals surface area contributed by atoms with E-state index in [4.69, 9.17) is 37.9 Å². The van der Waals surface area contributed by atoms with Crippen LogP contribution in [0.15, 0.2) is 24.3 Å². The highest BCUT2D eigenvalue weighted by Crippen LogP contribution is 2.57. The normalized spacial score (nSPS) is 20.3. The van der Waals surface area contributed by atoms with Crippen LogP contribution in [0.3, 0.4) is 0 Å². The molecule has 0 saturated heterocycles. The summed E-state index contributed by atoms with van der Waals surface area (Å²) in [5, 5.41) is 41.7. The summed E-state index contributed by atoms with van der Waals surface area (Å²) in [6.45, 7) is 7.36. The summed E-state index contributed by atoms with van der Waals surface area (Å²) in [5.41, 5.74) is 10.3. The fourth-order valence-electron chi connectivity index (χ4n) is 10.6. The van der Waals surface area contributed by atoms with Crippen molar-refractivity contribution in [3.05, 3.63) is 91.0 Å². The van der Waals surface area contributed by atoms with Crippen LogP contribution < -0.4 is 37.9 Å². The third kappa shape index (κ3) is 6.67. The van der Waals surface area contributed by atoms with E-state index in [2.05, 4.69) is 24.3 Å². The van der Waals surface area contributed by atoms with Crippen molar-refractivity contribution in [3.63, 3.8) is 0 Å². The van der Waals surface area contributed by atoms with Crippen LogP contribution in [0.1, 0.15) is 142 Å². The Kier molecular flexibility index (Phi) is 11.4. The summed E-state index contributed by atoms with van der Waals surface area (Å²) >= 11 is 0. The van der Waals surface area contributed by atoms with Gasteiger partial charge in [-0.25, -0.2) is 0 Å². The second-order valence-corrected chi connectivity index (χ2v) is 16.7. The molecule has 0 amide bonds. The number of rotatable bonds is 12. The molecule has 320 valence electrons. The fourth-order valence-corrected chi connectivity index (χ4v) is 10.6. The summed E-state index contributed by atoms with van der Waals surface area (Å²) in [6.07, 6.45) is 4.18. The van der Waals surface area contributed by atoms with E-state index < -0.39 is 0 Å². The maximum Gasteiger partial charge on any atom is 0.230 e. The second kappa shape index (κ2) is 16.9. The third-order valence-corrected chi connectivity index (χ3v) is 13.3. The van der Waals surface area contributed by atoms with Crippen LogP contribution in [0, 0.1) is 27.7 Å². The minimum absolute atomic E-state index is 0.0198. The van der Waals surface area contributed by atoms with E-state index in [-0.39, 0.29) is 77.3 Å². The lowest BCUT2D eigenvalue weighted by Gasteiger charge is -2.37. The van der Waals surface area contributed by atoms with Gasteiger partial charge in [-0.15, -0.1) is 0 Å². The van der Waals surface area contributed by atoms with Crippen molar-refractivity contribution < 1.29 is 58.3 Å². The molecule has 0 unspecified atom stereocenters. The van der Waals surface area contributed by atoms with E-state index >= 15 is 0 Å². The molecule has 4 N–H and O–H groups in total. The van der Waals surface area contributed by atoms with Crippen molar-refractivity contribution in [1.82, 2.24) is 0 Å². The van der Waals surface area contributed by atoms with Gasteiger partial charge in [0.1, 0.15) is 46.0 Å². The van der Waals surface area contributed by atoms with Gasteiger partial charge in [-0.2, -0.15) is 0 Å².